The first-order valence-electron chi connectivity index (χ1n) is 8.68. The monoisotopic (exact) mass is 381 g/mol. The minimum Gasteiger partial charge on any atom is -0.268 e. The van der Waals surface area contributed by atoms with E-state index < -0.39 is 0 Å². The van der Waals surface area contributed by atoms with Gasteiger partial charge in [0.15, 0.2) is 0 Å². The van der Waals surface area contributed by atoms with Crippen molar-refractivity contribution >= 4 is 28.4 Å². The third-order valence-electron chi connectivity index (χ3n) is 4.36. The molecule has 26 heavy (non-hydrogen) atoms. The Hall–Kier alpha value is -2.09. The number of hydrogen-bond acceptors (Lipinski definition) is 1. The second kappa shape index (κ2) is 8.53. The largest absolute Gasteiger partial charge is 0.268 e. The highest BCUT2D eigenvalue weighted by atomic mass is 35.5. The molecule has 0 saturated heterocycles. The van der Waals surface area contributed by atoms with Crippen LogP contribution in [0.5, 0.6) is 0 Å². The van der Waals surface area contributed by atoms with E-state index >= 15 is 0 Å². The SMILES string of the molecule is CC(C)c1ccc(-c2ccc(CN=C(Cl)c3ccccc3Cl)cc2)cc1. The molecule has 0 heterocycles. The quantitative estimate of drug-likeness (QED) is 0.410. The first-order chi connectivity index (χ1) is 12.5. The molecule has 0 radical (unpaired) electrons. The standard InChI is InChI=1S/C23H21Cl2N/c1-16(2)18-11-13-20(14-12-18)19-9-7-17(8-10-19)15-26-23(25)21-5-3-4-6-22(21)24/h3-14,16H,15H2,1-2H3. The van der Waals surface area contributed by atoms with Crippen LogP contribution in [0.2, 0.25) is 5.02 Å². The molecule has 0 atom stereocenters. The van der Waals surface area contributed by atoms with Crippen molar-refractivity contribution in [3.63, 3.8) is 0 Å². The molecule has 3 aromatic rings. The topological polar surface area (TPSA) is 12.4 Å². The van der Waals surface area contributed by atoms with Gasteiger partial charge in [0.1, 0.15) is 5.17 Å². The maximum absolute atomic E-state index is 6.29. The lowest BCUT2D eigenvalue weighted by molar-refractivity contribution is 0.867. The number of halogens is 2. The van der Waals surface area contributed by atoms with Gasteiger partial charge in [0.05, 0.1) is 11.6 Å². The van der Waals surface area contributed by atoms with E-state index in [9.17, 15) is 0 Å². The molecule has 0 aliphatic rings. The van der Waals surface area contributed by atoms with Crippen LogP contribution in [0.3, 0.4) is 0 Å². The van der Waals surface area contributed by atoms with Crippen LogP contribution in [-0.2, 0) is 6.54 Å². The predicted octanol–water partition coefficient (Wildman–Crippen LogP) is 7.32. The van der Waals surface area contributed by atoms with Crippen molar-refractivity contribution in [1.29, 1.82) is 0 Å². The van der Waals surface area contributed by atoms with Crippen LogP contribution in [0.25, 0.3) is 11.1 Å². The summed E-state index contributed by atoms with van der Waals surface area (Å²) in [6.45, 7) is 4.94. The van der Waals surface area contributed by atoms with Crippen LogP contribution in [-0.4, -0.2) is 5.17 Å². The minimum absolute atomic E-state index is 0.434. The van der Waals surface area contributed by atoms with E-state index in [0.29, 0.717) is 22.7 Å². The normalized spacial score (nSPS) is 11.8. The van der Waals surface area contributed by atoms with Crippen molar-refractivity contribution in [2.75, 3.05) is 0 Å². The molecule has 0 bridgehead atoms. The van der Waals surface area contributed by atoms with Crippen molar-refractivity contribution in [2.45, 2.75) is 26.3 Å². The van der Waals surface area contributed by atoms with E-state index in [1.54, 1.807) is 0 Å². The van der Waals surface area contributed by atoms with Crippen LogP contribution >= 0.6 is 23.2 Å². The van der Waals surface area contributed by atoms with Gasteiger partial charge in [-0.1, -0.05) is 104 Å². The molecule has 3 rings (SSSR count). The molecule has 0 saturated carbocycles. The summed E-state index contributed by atoms with van der Waals surface area (Å²) in [7, 11) is 0. The van der Waals surface area contributed by atoms with Crippen molar-refractivity contribution in [1.82, 2.24) is 0 Å². The van der Waals surface area contributed by atoms with E-state index in [0.717, 1.165) is 11.1 Å². The molecule has 0 amide bonds. The zero-order valence-corrected chi connectivity index (χ0v) is 16.4. The van der Waals surface area contributed by atoms with Crippen molar-refractivity contribution in [3.8, 4) is 11.1 Å². The summed E-state index contributed by atoms with van der Waals surface area (Å²) < 4.78 is 0. The molecular weight excluding hydrogens is 361 g/mol. The van der Waals surface area contributed by atoms with Crippen LogP contribution in [0, 0.1) is 0 Å². The van der Waals surface area contributed by atoms with Crippen LogP contribution in [0.1, 0.15) is 36.5 Å². The van der Waals surface area contributed by atoms with Gasteiger partial charge in [-0.05, 0) is 34.2 Å². The summed E-state index contributed by atoms with van der Waals surface area (Å²) in [5.74, 6) is 0.548. The zero-order chi connectivity index (χ0) is 18.5. The molecule has 0 aliphatic heterocycles. The molecule has 0 fully saturated rings. The van der Waals surface area contributed by atoms with E-state index in [1.807, 2.05) is 24.3 Å². The highest BCUT2D eigenvalue weighted by molar-refractivity contribution is 6.70. The first-order valence-corrected chi connectivity index (χ1v) is 9.44. The molecule has 0 unspecified atom stereocenters. The van der Waals surface area contributed by atoms with Gasteiger partial charge in [-0.15, -0.1) is 0 Å². The van der Waals surface area contributed by atoms with E-state index in [-0.39, 0.29) is 0 Å². The molecule has 3 aromatic carbocycles. The number of hydrogen-bond donors (Lipinski definition) is 0. The van der Waals surface area contributed by atoms with Gasteiger partial charge in [-0.3, -0.25) is 4.99 Å². The number of nitrogens with zero attached hydrogens (tertiary/aromatic N) is 1. The highest BCUT2D eigenvalue weighted by Gasteiger charge is 2.05. The Morgan fingerprint density at radius 1 is 0.846 bits per heavy atom. The Labute approximate surface area is 165 Å². The Balaban J connectivity index is 1.71. The maximum atomic E-state index is 6.29. The fraction of sp³-hybridized carbons (Fsp3) is 0.174. The lowest BCUT2D eigenvalue weighted by Gasteiger charge is -2.08. The molecule has 0 N–H and O–H groups in total. The van der Waals surface area contributed by atoms with Gasteiger partial charge in [0.2, 0.25) is 0 Å². The number of benzene rings is 3. The number of aliphatic imine (C=N–C) groups is 1. The van der Waals surface area contributed by atoms with Gasteiger partial charge in [-0.2, -0.15) is 0 Å². The molecule has 3 heteroatoms. The van der Waals surface area contributed by atoms with Gasteiger partial charge < -0.3 is 0 Å². The van der Waals surface area contributed by atoms with E-state index in [1.165, 1.54) is 16.7 Å². The Bertz CT molecular complexity index is 894. The van der Waals surface area contributed by atoms with Crippen LogP contribution in [0.4, 0.5) is 0 Å². The molecule has 0 aromatic heterocycles. The summed E-state index contributed by atoms with van der Waals surface area (Å²) >= 11 is 12.4. The smallest absolute Gasteiger partial charge is 0.132 e. The Morgan fingerprint density at radius 2 is 1.42 bits per heavy atom. The van der Waals surface area contributed by atoms with Gasteiger partial charge in [0, 0.05) is 5.56 Å². The third kappa shape index (κ3) is 4.55. The average Bonchev–Trinajstić information content (AvgIpc) is 2.67. The Morgan fingerprint density at radius 3 is 2.00 bits per heavy atom. The van der Waals surface area contributed by atoms with E-state index in [2.05, 4.69) is 67.4 Å². The van der Waals surface area contributed by atoms with Crippen molar-refractivity contribution in [3.05, 3.63) is 94.5 Å². The fourth-order valence-electron chi connectivity index (χ4n) is 2.74. The van der Waals surface area contributed by atoms with Gasteiger partial charge in [0.25, 0.3) is 0 Å². The number of rotatable bonds is 5. The molecule has 1 nitrogen and oxygen atoms in total. The molecule has 132 valence electrons. The lowest BCUT2D eigenvalue weighted by Crippen LogP contribution is -1.94. The molecule has 0 spiro atoms. The highest BCUT2D eigenvalue weighted by Crippen LogP contribution is 2.23. The van der Waals surface area contributed by atoms with E-state index in [4.69, 9.17) is 23.2 Å². The van der Waals surface area contributed by atoms with Crippen LogP contribution < -0.4 is 0 Å². The summed E-state index contributed by atoms with van der Waals surface area (Å²) in [6, 6.07) is 24.6. The second-order valence-electron chi connectivity index (χ2n) is 6.56. The first kappa shape index (κ1) is 18.7. The fourth-order valence-corrected chi connectivity index (χ4v) is 3.24. The second-order valence-corrected chi connectivity index (χ2v) is 7.33. The maximum Gasteiger partial charge on any atom is 0.132 e. The zero-order valence-electron chi connectivity index (χ0n) is 14.9. The molecule has 0 aliphatic carbocycles. The van der Waals surface area contributed by atoms with Gasteiger partial charge in [-0.25, -0.2) is 0 Å². The minimum atomic E-state index is 0.434. The third-order valence-corrected chi connectivity index (χ3v) is 5.01. The summed E-state index contributed by atoms with van der Waals surface area (Å²) in [4.78, 5) is 4.46. The molecular formula is C23H21Cl2N. The summed E-state index contributed by atoms with van der Waals surface area (Å²) in [5, 5.41) is 1.05. The summed E-state index contributed by atoms with van der Waals surface area (Å²) in [6.07, 6.45) is 0. The van der Waals surface area contributed by atoms with Crippen LogP contribution in [0.15, 0.2) is 77.8 Å². The average molecular weight is 382 g/mol. The van der Waals surface area contributed by atoms with Gasteiger partial charge >= 0.3 is 0 Å². The Kier molecular flexibility index (Phi) is 6.13. The predicted molar refractivity (Wildman–Crippen MR) is 114 cm³/mol. The lowest BCUT2D eigenvalue weighted by atomic mass is 9.98. The summed E-state index contributed by atoms with van der Waals surface area (Å²) in [5.41, 5.74) is 5.65. The van der Waals surface area contributed by atoms with Crippen molar-refractivity contribution < 1.29 is 0 Å². The van der Waals surface area contributed by atoms with Crippen molar-refractivity contribution in [2.24, 2.45) is 4.99 Å².